The SMILES string of the molecule is C=CN1C(=O)[C@@H]2O[C@]3(C)C[C@H]4[C@@H](C[C@@H]3[C@@H](Cc3ccccc3)[C@@H]21)C4(C)C. The Bertz CT molecular complexity index is 757. The van der Waals surface area contributed by atoms with E-state index in [1.54, 1.807) is 6.20 Å². The number of ether oxygens (including phenoxy) is 1. The molecule has 0 spiro atoms. The maximum absolute atomic E-state index is 12.6. The van der Waals surface area contributed by atoms with Crippen LogP contribution in [0.15, 0.2) is 43.1 Å². The number of benzene rings is 1. The lowest BCUT2D eigenvalue weighted by Crippen LogP contribution is -2.74. The number of carbonyl (C=O) groups excluding carboxylic acids is 1. The third-order valence-electron chi connectivity index (χ3n) is 8.20. The molecule has 7 atom stereocenters. The smallest absolute Gasteiger partial charge is 0.258 e. The first-order chi connectivity index (χ1) is 12.4. The number of fused-ring (bicyclic) bond motifs is 3. The molecule has 1 aromatic carbocycles. The van der Waals surface area contributed by atoms with Crippen LogP contribution in [0.3, 0.4) is 0 Å². The Labute approximate surface area is 156 Å². The van der Waals surface area contributed by atoms with Crippen LogP contribution in [-0.2, 0) is 16.0 Å². The second-order valence-corrected chi connectivity index (χ2v) is 9.70. The first-order valence-corrected chi connectivity index (χ1v) is 10.0. The first-order valence-electron chi connectivity index (χ1n) is 10.0. The summed E-state index contributed by atoms with van der Waals surface area (Å²) < 4.78 is 6.54. The molecule has 0 aromatic heterocycles. The summed E-state index contributed by atoms with van der Waals surface area (Å²) in [7, 11) is 0. The van der Waals surface area contributed by atoms with E-state index < -0.39 is 0 Å². The zero-order chi connectivity index (χ0) is 18.3. The molecule has 4 fully saturated rings. The molecule has 0 radical (unpaired) electrons. The van der Waals surface area contributed by atoms with E-state index in [1.165, 1.54) is 12.0 Å². The van der Waals surface area contributed by atoms with Crippen LogP contribution in [0.1, 0.15) is 39.2 Å². The van der Waals surface area contributed by atoms with E-state index in [9.17, 15) is 4.79 Å². The molecule has 2 aliphatic carbocycles. The monoisotopic (exact) mass is 351 g/mol. The van der Waals surface area contributed by atoms with E-state index in [0.29, 0.717) is 17.3 Å². The topological polar surface area (TPSA) is 29.5 Å². The van der Waals surface area contributed by atoms with Crippen LogP contribution in [0.4, 0.5) is 0 Å². The average molecular weight is 351 g/mol. The highest BCUT2D eigenvalue weighted by Gasteiger charge is 2.70. The number of rotatable bonds is 3. The molecule has 138 valence electrons. The van der Waals surface area contributed by atoms with Gasteiger partial charge >= 0.3 is 0 Å². The average Bonchev–Trinajstić information content (AvgIpc) is 3.14. The summed E-state index contributed by atoms with van der Waals surface area (Å²) >= 11 is 0. The van der Waals surface area contributed by atoms with Crippen LogP contribution in [0.2, 0.25) is 0 Å². The van der Waals surface area contributed by atoms with Crippen molar-refractivity contribution in [1.82, 2.24) is 4.90 Å². The highest BCUT2D eigenvalue weighted by Crippen LogP contribution is 2.70. The van der Waals surface area contributed by atoms with Crippen LogP contribution < -0.4 is 0 Å². The minimum Gasteiger partial charge on any atom is -0.360 e. The summed E-state index contributed by atoms with van der Waals surface area (Å²) in [5.41, 5.74) is 1.63. The van der Waals surface area contributed by atoms with Crippen molar-refractivity contribution >= 4 is 5.91 Å². The van der Waals surface area contributed by atoms with Crippen LogP contribution in [0.25, 0.3) is 0 Å². The Balaban J connectivity index is 1.51. The van der Waals surface area contributed by atoms with E-state index >= 15 is 0 Å². The van der Waals surface area contributed by atoms with E-state index in [2.05, 4.69) is 57.7 Å². The number of nitrogens with zero attached hydrogens (tertiary/aromatic N) is 1. The Hall–Kier alpha value is -1.61. The van der Waals surface area contributed by atoms with Crippen molar-refractivity contribution in [3.05, 3.63) is 48.7 Å². The van der Waals surface area contributed by atoms with Gasteiger partial charge in [0, 0.05) is 6.20 Å². The zero-order valence-corrected chi connectivity index (χ0v) is 16.0. The predicted octanol–water partition coefficient (Wildman–Crippen LogP) is 4.04. The number of β-lactam (4-membered cyclic amide) rings is 1. The van der Waals surface area contributed by atoms with Gasteiger partial charge in [0.05, 0.1) is 11.6 Å². The fourth-order valence-electron chi connectivity index (χ4n) is 6.55. The molecule has 2 saturated carbocycles. The molecule has 0 bridgehead atoms. The Morgan fingerprint density at radius 2 is 1.92 bits per heavy atom. The number of carbonyl (C=O) groups is 1. The maximum atomic E-state index is 12.6. The number of hydrogen-bond donors (Lipinski definition) is 0. The van der Waals surface area contributed by atoms with Crippen molar-refractivity contribution in [2.45, 2.75) is 57.8 Å². The van der Waals surface area contributed by atoms with Crippen LogP contribution in [0, 0.1) is 29.1 Å². The van der Waals surface area contributed by atoms with Crippen molar-refractivity contribution in [2.24, 2.45) is 29.1 Å². The maximum Gasteiger partial charge on any atom is 0.258 e. The first kappa shape index (κ1) is 16.6. The van der Waals surface area contributed by atoms with Crippen molar-refractivity contribution in [1.29, 1.82) is 0 Å². The fourth-order valence-corrected chi connectivity index (χ4v) is 6.55. The van der Waals surface area contributed by atoms with Gasteiger partial charge in [0.25, 0.3) is 5.91 Å². The summed E-state index contributed by atoms with van der Waals surface area (Å²) in [6.45, 7) is 11.0. The number of hydrogen-bond acceptors (Lipinski definition) is 2. The second-order valence-electron chi connectivity index (χ2n) is 9.70. The van der Waals surface area contributed by atoms with Gasteiger partial charge in [-0.25, -0.2) is 0 Å². The summed E-state index contributed by atoms with van der Waals surface area (Å²) in [6.07, 6.45) is 4.78. The van der Waals surface area contributed by atoms with E-state index in [1.807, 2.05) is 4.90 Å². The van der Waals surface area contributed by atoms with E-state index in [-0.39, 0.29) is 23.7 Å². The highest BCUT2D eigenvalue weighted by atomic mass is 16.5. The lowest BCUT2D eigenvalue weighted by molar-refractivity contribution is -0.249. The molecule has 1 aromatic rings. The molecule has 3 heteroatoms. The van der Waals surface area contributed by atoms with Gasteiger partial charge in [0.2, 0.25) is 0 Å². The lowest BCUT2D eigenvalue weighted by atomic mass is 9.61. The van der Waals surface area contributed by atoms with Gasteiger partial charge in [-0.1, -0.05) is 50.8 Å². The van der Waals surface area contributed by atoms with E-state index in [0.717, 1.165) is 24.7 Å². The molecule has 2 aliphatic heterocycles. The molecule has 3 nitrogen and oxygen atoms in total. The van der Waals surface area contributed by atoms with Gasteiger partial charge in [-0.05, 0) is 60.8 Å². The van der Waals surface area contributed by atoms with Gasteiger partial charge in [0.15, 0.2) is 6.10 Å². The van der Waals surface area contributed by atoms with Crippen LogP contribution in [0.5, 0.6) is 0 Å². The van der Waals surface area contributed by atoms with Gasteiger partial charge in [0.1, 0.15) is 0 Å². The molecule has 0 unspecified atom stereocenters. The number of amides is 1. The third-order valence-corrected chi connectivity index (χ3v) is 8.20. The third kappa shape index (κ3) is 2.07. The Morgan fingerprint density at radius 3 is 2.62 bits per heavy atom. The summed E-state index contributed by atoms with van der Waals surface area (Å²) in [6, 6.07) is 10.9. The summed E-state index contributed by atoms with van der Waals surface area (Å²) in [4.78, 5) is 14.4. The molecule has 26 heavy (non-hydrogen) atoms. The van der Waals surface area contributed by atoms with E-state index in [4.69, 9.17) is 4.74 Å². The molecule has 2 heterocycles. The normalized spacial score (nSPS) is 45.0. The minimum absolute atomic E-state index is 0.0971. The van der Waals surface area contributed by atoms with Crippen LogP contribution >= 0.6 is 0 Å². The van der Waals surface area contributed by atoms with Crippen LogP contribution in [-0.4, -0.2) is 28.6 Å². The van der Waals surface area contributed by atoms with Gasteiger partial charge in [-0.3, -0.25) is 4.79 Å². The molecule has 5 rings (SSSR count). The highest BCUT2D eigenvalue weighted by molar-refractivity contribution is 5.89. The predicted molar refractivity (Wildman–Crippen MR) is 101 cm³/mol. The Kier molecular flexibility index (Phi) is 3.32. The Morgan fingerprint density at radius 1 is 1.19 bits per heavy atom. The molecular weight excluding hydrogens is 322 g/mol. The lowest BCUT2D eigenvalue weighted by Gasteiger charge is -2.61. The van der Waals surface area contributed by atoms with Crippen molar-refractivity contribution in [3.8, 4) is 0 Å². The van der Waals surface area contributed by atoms with Crippen molar-refractivity contribution < 1.29 is 9.53 Å². The second kappa shape index (κ2) is 5.22. The minimum atomic E-state index is -0.277. The summed E-state index contributed by atoms with van der Waals surface area (Å²) in [5.74, 6) is 2.60. The quantitative estimate of drug-likeness (QED) is 0.769. The molecule has 4 aliphatic rings. The standard InChI is InChI=1S/C23H29NO2/c1-5-24-19-15(11-14-9-7-6-8-10-14)16-12-17-18(22(17,2)3)13-23(16,4)26-20(19)21(24)25/h5-10,15-20H,1,11-13H2,2-4H3/t15-,16-,17-,18+,19+,20-,23-/m1/s1. The van der Waals surface area contributed by atoms with Crippen molar-refractivity contribution in [3.63, 3.8) is 0 Å². The summed E-state index contributed by atoms with van der Waals surface area (Å²) in [5, 5.41) is 0. The zero-order valence-electron chi connectivity index (χ0n) is 16.0. The molecule has 2 saturated heterocycles. The fraction of sp³-hybridized carbons (Fsp3) is 0.609. The largest absolute Gasteiger partial charge is 0.360 e. The van der Waals surface area contributed by atoms with Gasteiger partial charge in [-0.15, -0.1) is 0 Å². The van der Waals surface area contributed by atoms with Crippen molar-refractivity contribution in [2.75, 3.05) is 0 Å². The molecule has 1 amide bonds. The molecule has 0 N–H and O–H groups in total. The number of likely N-dealkylation sites (tertiary alicyclic amines) is 1. The van der Waals surface area contributed by atoms with Gasteiger partial charge < -0.3 is 9.64 Å². The van der Waals surface area contributed by atoms with Gasteiger partial charge in [-0.2, -0.15) is 0 Å². The molecular formula is C23H29NO2.